The number of ether oxygens (including phenoxy) is 3. The molecule has 1 amide bonds. The largest absolute Gasteiger partial charge is 0.493 e. The number of methoxy groups -OCH3 is 1. The summed E-state index contributed by atoms with van der Waals surface area (Å²) in [4.78, 5) is 16.1. The first-order chi connectivity index (χ1) is 11.7. The van der Waals surface area contributed by atoms with E-state index < -0.39 is 0 Å². The number of pyridine rings is 1. The molecule has 3 rings (SSSR count). The summed E-state index contributed by atoms with van der Waals surface area (Å²) >= 11 is 3.29. The van der Waals surface area contributed by atoms with Gasteiger partial charge in [0.15, 0.2) is 11.5 Å². The third-order valence-corrected chi connectivity index (χ3v) is 3.73. The summed E-state index contributed by atoms with van der Waals surface area (Å²) in [6.07, 6.45) is 4.72. The number of hydrogen-bond acceptors (Lipinski definition) is 5. The van der Waals surface area contributed by atoms with E-state index >= 15 is 0 Å². The van der Waals surface area contributed by atoms with E-state index in [9.17, 15) is 4.79 Å². The second-order valence-corrected chi connectivity index (χ2v) is 5.85. The van der Waals surface area contributed by atoms with Gasteiger partial charge in [-0.1, -0.05) is 0 Å². The number of amides is 1. The topological polar surface area (TPSA) is 69.7 Å². The molecule has 1 aromatic heterocycles. The Morgan fingerprint density at radius 1 is 1.33 bits per heavy atom. The summed E-state index contributed by atoms with van der Waals surface area (Å²) in [6, 6.07) is 7.11. The molecule has 6 nitrogen and oxygen atoms in total. The molecule has 1 aromatic carbocycles. The first-order valence-corrected chi connectivity index (χ1v) is 8.03. The predicted molar refractivity (Wildman–Crippen MR) is 93.6 cm³/mol. The number of benzene rings is 1. The van der Waals surface area contributed by atoms with Gasteiger partial charge in [0, 0.05) is 16.7 Å². The maximum atomic E-state index is 12.0. The molecule has 124 valence electrons. The highest BCUT2D eigenvalue weighted by molar-refractivity contribution is 9.10. The monoisotopic (exact) mass is 390 g/mol. The number of carbonyl (C=O) groups is 1. The van der Waals surface area contributed by atoms with Crippen LogP contribution in [0.4, 0.5) is 5.82 Å². The molecule has 1 N–H and O–H groups in total. The zero-order valence-electron chi connectivity index (χ0n) is 12.9. The minimum absolute atomic E-state index is 0.279. The number of rotatable bonds is 4. The summed E-state index contributed by atoms with van der Waals surface area (Å²) in [7, 11) is 1.56. The van der Waals surface area contributed by atoms with Crippen LogP contribution in [0.15, 0.2) is 41.0 Å². The molecule has 1 aliphatic heterocycles. The Labute approximate surface area is 147 Å². The number of anilines is 1. The minimum Gasteiger partial charge on any atom is -0.493 e. The molecule has 1 aliphatic rings. The van der Waals surface area contributed by atoms with Gasteiger partial charge < -0.3 is 19.5 Å². The van der Waals surface area contributed by atoms with E-state index in [1.54, 1.807) is 43.6 Å². The number of hydrogen-bond donors (Lipinski definition) is 1. The molecule has 0 saturated carbocycles. The van der Waals surface area contributed by atoms with Gasteiger partial charge in [0.25, 0.3) is 0 Å². The van der Waals surface area contributed by atoms with E-state index in [2.05, 4.69) is 26.2 Å². The molecule has 2 aromatic rings. The molecule has 0 aliphatic carbocycles. The maximum absolute atomic E-state index is 12.0. The molecule has 0 fully saturated rings. The van der Waals surface area contributed by atoms with Crippen LogP contribution >= 0.6 is 15.9 Å². The molecule has 0 radical (unpaired) electrons. The molecule has 0 saturated heterocycles. The Balaban J connectivity index is 1.73. The molecule has 0 unspecified atom stereocenters. The van der Waals surface area contributed by atoms with Crippen LogP contribution in [0.5, 0.6) is 17.2 Å². The standard InChI is InChI=1S/C17H15BrN2O4/c1-22-13-8-11(9-14-17(13)24-7-6-23-14)2-5-16(21)20-15-4-3-12(18)10-19-15/h2-5,8-10H,6-7H2,1H3,(H,19,20,21)/b5-2+. The normalized spacial score (nSPS) is 12.9. The molecule has 2 heterocycles. The quantitative estimate of drug-likeness (QED) is 0.811. The molecule has 0 bridgehead atoms. The van der Waals surface area contributed by atoms with E-state index in [4.69, 9.17) is 14.2 Å². The van der Waals surface area contributed by atoms with E-state index in [-0.39, 0.29) is 5.91 Å². The van der Waals surface area contributed by atoms with Crippen LogP contribution in [0.1, 0.15) is 5.56 Å². The Hall–Kier alpha value is -2.54. The zero-order chi connectivity index (χ0) is 16.9. The molecular weight excluding hydrogens is 376 g/mol. The SMILES string of the molecule is COc1cc(/C=C/C(=O)Nc2ccc(Br)cn2)cc2c1OCCO2. The van der Waals surface area contributed by atoms with E-state index in [1.807, 2.05) is 0 Å². The van der Waals surface area contributed by atoms with E-state index in [0.717, 1.165) is 10.0 Å². The van der Waals surface area contributed by atoms with Crippen LogP contribution in [0.3, 0.4) is 0 Å². The summed E-state index contributed by atoms with van der Waals surface area (Å²) in [5.41, 5.74) is 0.773. The van der Waals surface area contributed by atoms with Crippen LogP contribution in [-0.2, 0) is 4.79 Å². The molecule has 7 heteroatoms. The van der Waals surface area contributed by atoms with Gasteiger partial charge in [-0.05, 0) is 51.8 Å². The van der Waals surface area contributed by atoms with Crippen molar-refractivity contribution in [2.75, 3.05) is 25.6 Å². The van der Waals surface area contributed by atoms with Crippen molar-refractivity contribution < 1.29 is 19.0 Å². The van der Waals surface area contributed by atoms with Crippen molar-refractivity contribution in [1.29, 1.82) is 0 Å². The summed E-state index contributed by atoms with van der Waals surface area (Å²) in [5.74, 6) is 1.97. The Morgan fingerprint density at radius 3 is 2.92 bits per heavy atom. The molecule has 0 atom stereocenters. The summed E-state index contributed by atoms with van der Waals surface area (Å²) < 4.78 is 17.3. The second kappa shape index (κ2) is 7.35. The Kier molecular flexibility index (Phi) is 5.00. The molecular formula is C17H15BrN2O4. The second-order valence-electron chi connectivity index (χ2n) is 4.93. The number of nitrogens with zero attached hydrogens (tertiary/aromatic N) is 1. The fourth-order valence-corrected chi connectivity index (χ4v) is 2.41. The van der Waals surface area contributed by atoms with Gasteiger partial charge in [0.2, 0.25) is 11.7 Å². The van der Waals surface area contributed by atoms with Gasteiger partial charge in [0.1, 0.15) is 19.0 Å². The summed E-state index contributed by atoms with van der Waals surface area (Å²) in [6.45, 7) is 0.972. The number of aromatic nitrogens is 1. The van der Waals surface area contributed by atoms with Crippen LogP contribution in [0, 0.1) is 0 Å². The van der Waals surface area contributed by atoms with Gasteiger partial charge in [-0.3, -0.25) is 4.79 Å². The van der Waals surface area contributed by atoms with Gasteiger partial charge in [-0.2, -0.15) is 0 Å². The average Bonchev–Trinajstić information content (AvgIpc) is 2.61. The van der Waals surface area contributed by atoms with Crippen molar-refractivity contribution >= 4 is 33.7 Å². The van der Waals surface area contributed by atoms with Gasteiger partial charge in [0.05, 0.1) is 7.11 Å². The van der Waals surface area contributed by atoms with Gasteiger partial charge in [-0.25, -0.2) is 4.98 Å². The van der Waals surface area contributed by atoms with Gasteiger partial charge in [-0.15, -0.1) is 0 Å². The first-order valence-electron chi connectivity index (χ1n) is 7.24. The first kappa shape index (κ1) is 16.3. The Bertz CT molecular complexity index is 758. The van der Waals surface area contributed by atoms with Crippen molar-refractivity contribution in [2.24, 2.45) is 0 Å². The third-order valence-electron chi connectivity index (χ3n) is 3.26. The minimum atomic E-state index is -0.279. The fraction of sp³-hybridized carbons (Fsp3) is 0.176. The lowest BCUT2D eigenvalue weighted by atomic mass is 10.1. The third kappa shape index (κ3) is 3.86. The predicted octanol–water partition coefficient (Wildman–Crippen LogP) is 3.28. The highest BCUT2D eigenvalue weighted by Crippen LogP contribution is 2.40. The van der Waals surface area contributed by atoms with Crippen LogP contribution < -0.4 is 19.5 Å². The van der Waals surface area contributed by atoms with Crippen molar-refractivity contribution in [2.45, 2.75) is 0 Å². The fourth-order valence-electron chi connectivity index (χ4n) is 2.18. The lowest BCUT2D eigenvalue weighted by Crippen LogP contribution is -2.16. The highest BCUT2D eigenvalue weighted by atomic mass is 79.9. The average molecular weight is 391 g/mol. The van der Waals surface area contributed by atoms with E-state index in [1.165, 1.54) is 6.08 Å². The zero-order valence-corrected chi connectivity index (χ0v) is 14.5. The van der Waals surface area contributed by atoms with Crippen molar-refractivity contribution in [1.82, 2.24) is 4.98 Å². The van der Waals surface area contributed by atoms with Gasteiger partial charge >= 0.3 is 0 Å². The number of nitrogens with one attached hydrogen (secondary N) is 1. The van der Waals surface area contributed by atoms with Crippen LogP contribution in [0.25, 0.3) is 6.08 Å². The number of carbonyl (C=O) groups excluding carboxylic acids is 1. The molecule has 24 heavy (non-hydrogen) atoms. The molecule has 0 spiro atoms. The van der Waals surface area contributed by atoms with Crippen molar-refractivity contribution in [3.8, 4) is 17.2 Å². The maximum Gasteiger partial charge on any atom is 0.249 e. The summed E-state index contributed by atoms with van der Waals surface area (Å²) in [5, 5.41) is 2.69. The van der Waals surface area contributed by atoms with Crippen LogP contribution in [-0.4, -0.2) is 31.2 Å². The lowest BCUT2D eigenvalue weighted by Gasteiger charge is -2.20. The lowest BCUT2D eigenvalue weighted by molar-refractivity contribution is -0.111. The smallest absolute Gasteiger partial charge is 0.249 e. The van der Waals surface area contributed by atoms with E-state index in [0.29, 0.717) is 36.3 Å². The number of halogens is 1. The highest BCUT2D eigenvalue weighted by Gasteiger charge is 2.17. The number of fused-ring (bicyclic) bond motifs is 1. The Morgan fingerprint density at radius 2 is 2.17 bits per heavy atom. The van der Waals surface area contributed by atoms with Crippen molar-refractivity contribution in [3.05, 3.63) is 46.6 Å². The van der Waals surface area contributed by atoms with Crippen LogP contribution in [0.2, 0.25) is 0 Å². The van der Waals surface area contributed by atoms with Crippen molar-refractivity contribution in [3.63, 3.8) is 0 Å².